The van der Waals surface area contributed by atoms with Crippen molar-refractivity contribution in [1.29, 1.82) is 0 Å². The average molecular weight is 331 g/mol. The number of benzene rings is 2. The van der Waals surface area contributed by atoms with E-state index in [1.165, 1.54) is 10.8 Å². The molecule has 0 radical (unpaired) electrons. The summed E-state index contributed by atoms with van der Waals surface area (Å²) in [6.07, 6.45) is 0. The Morgan fingerprint density at radius 1 is 1.00 bits per heavy atom. The van der Waals surface area contributed by atoms with Crippen molar-refractivity contribution in [2.75, 3.05) is 0 Å². The van der Waals surface area contributed by atoms with Crippen molar-refractivity contribution < 1.29 is 4.79 Å². The molecule has 3 rings (SSSR count). The fourth-order valence-electron chi connectivity index (χ4n) is 2.05. The minimum absolute atomic E-state index is 0.126. The SMILES string of the molecule is CC(=O)c1ccc(-c2ccc3cc(Br)ccc3c2)s1. The van der Waals surface area contributed by atoms with Crippen LogP contribution in [0.5, 0.6) is 0 Å². The predicted molar refractivity (Wildman–Crippen MR) is 85.0 cm³/mol. The second-order valence-electron chi connectivity index (χ2n) is 4.43. The lowest BCUT2D eigenvalue weighted by Gasteiger charge is -2.02. The molecule has 0 saturated heterocycles. The second kappa shape index (κ2) is 4.91. The normalized spacial score (nSPS) is 10.8. The fourth-order valence-corrected chi connectivity index (χ4v) is 3.33. The van der Waals surface area contributed by atoms with Gasteiger partial charge in [0.1, 0.15) is 0 Å². The highest BCUT2D eigenvalue weighted by Crippen LogP contribution is 2.31. The lowest BCUT2D eigenvalue weighted by Crippen LogP contribution is -1.83. The van der Waals surface area contributed by atoms with Gasteiger partial charge in [-0.2, -0.15) is 0 Å². The molecule has 3 heteroatoms. The molecule has 1 nitrogen and oxygen atoms in total. The van der Waals surface area contributed by atoms with Gasteiger partial charge < -0.3 is 0 Å². The van der Waals surface area contributed by atoms with Crippen molar-refractivity contribution in [3.05, 3.63) is 57.9 Å². The van der Waals surface area contributed by atoms with E-state index in [1.807, 2.05) is 18.2 Å². The zero-order chi connectivity index (χ0) is 13.4. The molecule has 0 saturated carbocycles. The van der Waals surface area contributed by atoms with Gasteiger partial charge in [-0.1, -0.05) is 34.1 Å². The number of ketones is 1. The molecular formula is C16H11BrOS. The first kappa shape index (κ1) is 12.6. The van der Waals surface area contributed by atoms with E-state index < -0.39 is 0 Å². The van der Waals surface area contributed by atoms with E-state index in [9.17, 15) is 4.79 Å². The number of hydrogen-bond donors (Lipinski definition) is 0. The zero-order valence-electron chi connectivity index (χ0n) is 10.3. The summed E-state index contributed by atoms with van der Waals surface area (Å²) in [5.74, 6) is 0.126. The molecule has 1 heterocycles. The van der Waals surface area contributed by atoms with Crippen molar-refractivity contribution in [2.24, 2.45) is 0 Å². The van der Waals surface area contributed by atoms with Crippen LogP contribution in [0.2, 0.25) is 0 Å². The molecule has 0 spiro atoms. The Hall–Kier alpha value is -1.45. The van der Waals surface area contributed by atoms with Gasteiger partial charge >= 0.3 is 0 Å². The zero-order valence-corrected chi connectivity index (χ0v) is 12.7. The first-order valence-electron chi connectivity index (χ1n) is 5.94. The quantitative estimate of drug-likeness (QED) is 0.564. The summed E-state index contributed by atoms with van der Waals surface area (Å²) >= 11 is 5.03. The molecule has 94 valence electrons. The molecule has 1 aromatic heterocycles. The largest absolute Gasteiger partial charge is 0.294 e. The molecule has 3 aromatic rings. The van der Waals surface area contributed by atoms with E-state index in [2.05, 4.69) is 46.3 Å². The molecule has 0 bridgehead atoms. The number of carbonyl (C=O) groups is 1. The smallest absolute Gasteiger partial charge is 0.169 e. The third kappa shape index (κ3) is 2.48. The third-order valence-electron chi connectivity index (χ3n) is 3.04. The first-order chi connectivity index (χ1) is 9.13. The summed E-state index contributed by atoms with van der Waals surface area (Å²) in [6.45, 7) is 1.60. The molecule has 0 atom stereocenters. The van der Waals surface area contributed by atoms with Crippen molar-refractivity contribution in [1.82, 2.24) is 0 Å². The van der Waals surface area contributed by atoms with E-state index in [0.717, 1.165) is 19.8 Å². The number of carbonyl (C=O) groups excluding carboxylic acids is 1. The van der Waals surface area contributed by atoms with E-state index in [-0.39, 0.29) is 5.78 Å². The predicted octanol–water partition coefficient (Wildman–Crippen LogP) is 5.53. The van der Waals surface area contributed by atoms with Gasteiger partial charge in [-0.25, -0.2) is 0 Å². The number of fused-ring (bicyclic) bond motifs is 1. The van der Waals surface area contributed by atoms with Crippen LogP contribution in [0.25, 0.3) is 21.2 Å². The molecule has 0 unspecified atom stereocenters. The van der Waals surface area contributed by atoms with Crippen LogP contribution in [0.3, 0.4) is 0 Å². The number of thiophene rings is 1. The van der Waals surface area contributed by atoms with Crippen LogP contribution in [0.15, 0.2) is 53.0 Å². The lowest BCUT2D eigenvalue weighted by atomic mass is 10.1. The number of Topliss-reactive ketones (excluding diaryl/α,β-unsaturated/α-hetero) is 1. The summed E-state index contributed by atoms with van der Waals surface area (Å²) < 4.78 is 1.09. The molecule has 0 aliphatic heterocycles. The molecule has 0 N–H and O–H groups in total. The summed E-state index contributed by atoms with van der Waals surface area (Å²) in [6, 6.07) is 16.5. The number of halogens is 1. The van der Waals surface area contributed by atoms with E-state index >= 15 is 0 Å². The Balaban J connectivity index is 2.09. The van der Waals surface area contributed by atoms with Crippen LogP contribution >= 0.6 is 27.3 Å². The average Bonchev–Trinajstić information content (AvgIpc) is 2.88. The molecule has 19 heavy (non-hydrogen) atoms. The molecular weight excluding hydrogens is 320 g/mol. The van der Waals surface area contributed by atoms with Gasteiger partial charge in [-0.3, -0.25) is 4.79 Å². The van der Waals surface area contributed by atoms with Crippen LogP contribution in [-0.2, 0) is 0 Å². The first-order valence-corrected chi connectivity index (χ1v) is 7.55. The van der Waals surface area contributed by atoms with Crippen LogP contribution < -0.4 is 0 Å². The van der Waals surface area contributed by atoms with Gasteiger partial charge in [-0.05, 0) is 53.6 Å². The van der Waals surface area contributed by atoms with Crippen LogP contribution in [-0.4, -0.2) is 5.78 Å². The Morgan fingerprint density at radius 3 is 2.47 bits per heavy atom. The van der Waals surface area contributed by atoms with Gasteiger partial charge in [0.2, 0.25) is 0 Å². The van der Waals surface area contributed by atoms with Crippen LogP contribution in [0.1, 0.15) is 16.6 Å². The van der Waals surface area contributed by atoms with Gasteiger partial charge in [0.25, 0.3) is 0 Å². The highest BCUT2D eigenvalue weighted by molar-refractivity contribution is 9.10. The van der Waals surface area contributed by atoms with E-state index in [1.54, 1.807) is 18.3 Å². The Kier molecular flexibility index (Phi) is 3.25. The van der Waals surface area contributed by atoms with Gasteiger partial charge in [-0.15, -0.1) is 11.3 Å². The van der Waals surface area contributed by atoms with Crippen LogP contribution in [0.4, 0.5) is 0 Å². The molecule has 0 aliphatic rings. The van der Waals surface area contributed by atoms with Gasteiger partial charge in [0.05, 0.1) is 4.88 Å². The van der Waals surface area contributed by atoms with Crippen molar-refractivity contribution >= 4 is 43.8 Å². The Labute approximate surface area is 124 Å². The van der Waals surface area contributed by atoms with Gasteiger partial charge in [0, 0.05) is 9.35 Å². The maximum absolute atomic E-state index is 11.3. The van der Waals surface area contributed by atoms with Crippen LogP contribution in [0, 0.1) is 0 Å². The molecule has 0 fully saturated rings. The monoisotopic (exact) mass is 330 g/mol. The number of rotatable bonds is 2. The maximum atomic E-state index is 11.3. The summed E-state index contributed by atoms with van der Waals surface area (Å²) in [5.41, 5.74) is 1.16. The highest BCUT2D eigenvalue weighted by atomic mass is 79.9. The van der Waals surface area contributed by atoms with E-state index in [4.69, 9.17) is 0 Å². The fraction of sp³-hybridized carbons (Fsp3) is 0.0625. The Morgan fingerprint density at radius 2 is 1.74 bits per heavy atom. The van der Waals surface area contributed by atoms with Crippen molar-refractivity contribution in [3.63, 3.8) is 0 Å². The summed E-state index contributed by atoms with van der Waals surface area (Å²) in [7, 11) is 0. The van der Waals surface area contributed by atoms with Gasteiger partial charge in [0.15, 0.2) is 5.78 Å². The highest BCUT2D eigenvalue weighted by Gasteiger charge is 2.06. The van der Waals surface area contributed by atoms with E-state index in [0.29, 0.717) is 0 Å². The molecule has 0 amide bonds. The topological polar surface area (TPSA) is 17.1 Å². The van der Waals surface area contributed by atoms with Crippen molar-refractivity contribution in [2.45, 2.75) is 6.92 Å². The maximum Gasteiger partial charge on any atom is 0.169 e. The standard InChI is InChI=1S/C16H11BrOS/c1-10(18)15-6-7-16(19-15)13-3-2-12-9-14(17)5-4-11(12)8-13/h2-9H,1H3. The summed E-state index contributed by atoms with van der Waals surface area (Å²) in [4.78, 5) is 13.3. The third-order valence-corrected chi connectivity index (χ3v) is 4.77. The Bertz CT molecular complexity index is 773. The minimum Gasteiger partial charge on any atom is -0.294 e. The minimum atomic E-state index is 0.126. The molecule has 2 aromatic carbocycles. The lowest BCUT2D eigenvalue weighted by molar-refractivity contribution is 0.102. The number of hydrogen-bond acceptors (Lipinski definition) is 2. The second-order valence-corrected chi connectivity index (χ2v) is 6.43. The molecule has 0 aliphatic carbocycles. The van der Waals surface area contributed by atoms with Crippen molar-refractivity contribution in [3.8, 4) is 10.4 Å². The summed E-state index contributed by atoms with van der Waals surface area (Å²) in [5, 5.41) is 2.42.